The molecular formula is C58H74Cl2F2N12O9. The van der Waals surface area contributed by atoms with Crippen LogP contribution < -0.4 is 40.2 Å². The van der Waals surface area contributed by atoms with Gasteiger partial charge in [-0.3, -0.25) is 24.2 Å². The van der Waals surface area contributed by atoms with E-state index >= 15 is 0 Å². The van der Waals surface area contributed by atoms with Crippen LogP contribution in [0.5, 0.6) is 23.0 Å². The molecule has 5 N–H and O–H groups in total. The highest BCUT2D eigenvalue weighted by molar-refractivity contribution is 6.31. The molecule has 0 saturated heterocycles. The maximum absolute atomic E-state index is 14.6. The molecule has 2 amide bonds. The summed E-state index contributed by atoms with van der Waals surface area (Å²) in [7, 11) is 7.52. The number of rotatable bonds is 15. The first-order valence-corrected chi connectivity index (χ1v) is 28.3. The van der Waals surface area contributed by atoms with Crippen LogP contribution >= 0.6 is 23.2 Å². The van der Waals surface area contributed by atoms with Gasteiger partial charge in [0.25, 0.3) is 0 Å². The molecule has 2 aromatic heterocycles. The van der Waals surface area contributed by atoms with Gasteiger partial charge >= 0.3 is 5.97 Å². The number of aliphatic hydroxyl groups is 1. The van der Waals surface area contributed by atoms with Crippen LogP contribution in [-0.4, -0.2) is 182 Å². The Balaban J connectivity index is 0.000000239. The fraction of sp³-hybridized carbons (Fsp3) is 0.466. The van der Waals surface area contributed by atoms with E-state index < -0.39 is 23.7 Å². The van der Waals surface area contributed by atoms with Crippen molar-refractivity contribution >= 4 is 85.8 Å². The van der Waals surface area contributed by atoms with Gasteiger partial charge in [0.1, 0.15) is 42.5 Å². The van der Waals surface area contributed by atoms with Crippen LogP contribution in [0.2, 0.25) is 10.0 Å². The smallest absolute Gasteiger partial charge is 0.302 e. The molecule has 4 aromatic carbocycles. The van der Waals surface area contributed by atoms with Crippen molar-refractivity contribution in [2.24, 2.45) is 0 Å². The van der Waals surface area contributed by atoms with Gasteiger partial charge in [-0.15, -0.1) is 0 Å². The van der Waals surface area contributed by atoms with Crippen molar-refractivity contribution in [3.8, 4) is 23.0 Å². The fourth-order valence-electron chi connectivity index (χ4n) is 8.92. The first-order valence-electron chi connectivity index (χ1n) is 27.5. The van der Waals surface area contributed by atoms with Gasteiger partial charge in [-0.2, -0.15) is 0 Å². The summed E-state index contributed by atoms with van der Waals surface area (Å²) in [6, 6.07) is 12.1. The SMILES string of the molecule is CC(=O)OCCN(C)CCCOc1cc2ncnc3c2cc1OCCCNC(=O)[C@@H](C)N(C)Cc1cc(F)c(Cl)cc1N3.C[C@@H]1C(=O)NCCCOc2cc3c(ncnc3cc2OCCCN(C)CCO)Nc2cc(Cl)c(F)cc2CN1C. The number of esters is 1. The largest absolute Gasteiger partial charge is 0.490 e. The molecule has 4 bridgehead atoms. The van der Waals surface area contributed by atoms with Crippen molar-refractivity contribution < 1.29 is 52.0 Å². The van der Waals surface area contributed by atoms with E-state index in [2.05, 4.69) is 46.1 Å². The van der Waals surface area contributed by atoms with Crippen molar-refractivity contribution in [3.63, 3.8) is 0 Å². The summed E-state index contributed by atoms with van der Waals surface area (Å²) >= 11 is 12.3. The van der Waals surface area contributed by atoms with E-state index in [0.29, 0.717) is 164 Å². The van der Waals surface area contributed by atoms with Crippen molar-refractivity contribution in [2.75, 3.05) is 118 Å². The lowest BCUT2D eigenvalue weighted by molar-refractivity contribution is -0.141. The average molecular weight is 1190 g/mol. The van der Waals surface area contributed by atoms with Gasteiger partial charge in [0.05, 0.1) is 66.2 Å². The van der Waals surface area contributed by atoms with Crippen molar-refractivity contribution in [1.29, 1.82) is 0 Å². The molecule has 0 radical (unpaired) electrons. The average Bonchev–Trinajstić information content (AvgIpc) is 3.36. The van der Waals surface area contributed by atoms with Crippen LogP contribution in [0.4, 0.5) is 31.8 Å². The molecular weight excluding hydrogens is 1120 g/mol. The number of amides is 2. The van der Waals surface area contributed by atoms with Crippen LogP contribution in [0.1, 0.15) is 57.6 Å². The number of fused-ring (bicyclic) bond motifs is 4. The predicted octanol–water partition coefficient (Wildman–Crippen LogP) is 7.73. The molecule has 25 heteroatoms. The van der Waals surface area contributed by atoms with E-state index in [4.69, 9.17) is 52.0 Å². The van der Waals surface area contributed by atoms with E-state index in [1.54, 1.807) is 19.9 Å². The second kappa shape index (κ2) is 31.1. The predicted molar refractivity (Wildman–Crippen MR) is 315 cm³/mol. The molecule has 0 spiro atoms. The van der Waals surface area contributed by atoms with Crippen LogP contribution in [0.15, 0.2) is 61.2 Å². The van der Waals surface area contributed by atoms with Crippen LogP contribution in [0, 0.1) is 11.6 Å². The molecule has 0 saturated carbocycles. The zero-order valence-electron chi connectivity index (χ0n) is 48.0. The summed E-state index contributed by atoms with van der Waals surface area (Å²) in [6.45, 7) is 11.2. The highest BCUT2D eigenvalue weighted by atomic mass is 35.5. The van der Waals surface area contributed by atoms with Gasteiger partial charge < -0.3 is 59.9 Å². The number of hydrogen-bond acceptors (Lipinski definition) is 19. The number of aromatic nitrogens is 4. The Bertz CT molecular complexity index is 3190. The molecule has 0 aliphatic carbocycles. The van der Waals surface area contributed by atoms with E-state index in [0.717, 1.165) is 25.9 Å². The number of ether oxygens (including phenoxy) is 5. The lowest BCUT2D eigenvalue weighted by atomic mass is 10.1. The van der Waals surface area contributed by atoms with E-state index in [1.807, 2.05) is 61.1 Å². The number of carbonyl (C=O) groups is 3. The number of likely N-dealkylation sites (N-methyl/N-ethyl adjacent to an activating group) is 4. The normalized spacial score (nSPS) is 16.6. The number of nitrogens with one attached hydrogen (secondary N) is 4. The minimum atomic E-state index is -0.553. The first kappa shape index (κ1) is 63.6. The van der Waals surface area contributed by atoms with Gasteiger partial charge in [0, 0.05) is 93.6 Å². The standard InChI is InChI=1S/C30H38ClFN6O5.C28H36ClFN6O4/c1-19-30(40)33-7-5-10-42-27-14-22-26(16-28(27)43-11-6-8-37(3)9-12-41-20(2)39)34-18-35-29(22)36-25-15-23(31)24(32)13-21(25)17-38(19)4;1-18-28(38)31-6-4-10-39-25-13-20-24(15-26(25)40-11-5-7-35(2)8-9-37)32-17-33-27(20)34-23-14-21(29)22(30)12-19(23)16-36(18)3/h13-16,18-19H,5-12,17H2,1-4H3,(H,33,40)(H,34,35,36);12-15,17-18,37H,4-11,16H2,1-3H3,(H,31,38)(H,32,33,34)/t19-;18-/m11/s1. The van der Waals surface area contributed by atoms with Crippen molar-refractivity contribution in [1.82, 2.24) is 50.2 Å². The Hall–Kier alpha value is -6.99. The molecule has 8 rings (SSSR count). The topological polar surface area (TPSA) is 230 Å². The zero-order chi connectivity index (χ0) is 59.6. The number of anilines is 4. The Morgan fingerprint density at radius 2 is 1.12 bits per heavy atom. The number of hydrogen-bond donors (Lipinski definition) is 5. The van der Waals surface area contributed by atoms with Gasteiger partial charge in [-0.1, -0.05) is 23.2 Å². The molecule has 2 aliphatic rings. The van der Waals surface area contributed by atoms with Gasteiger partial charge in [-0.25, -0.2) is 28.7 Å². The van der Waals surface area contributed by atoms with E-state index in [1.165, 1.54) is 43.8 Å². The summed E-state index contributed by atoms with van der Waals surface area (Å²) < 4.78 is 58.6. The number of nitrogens with zero attached hydrogens (tertiary/aromatic N) is 8. The summed E-state index contributed by atoms with van der Waals surface area (Å²) in [5, 5.41) is 22.9. The Morgan fingerprint density at radius 3 is 1.55 bits per heavy atom. The maximum atomic E-state index is 14.6. The molecule has 448 valence electrons. The molecule has 2 atom stereocenters. The summed E-state index contributed by atoms with van der Waals surface area (Å²) in [6.07, 6.45) is 5.55. The van der Waals surface area contributed by atoms with E-state index in [9.17, 15) is 23.2 Å². The Kier molecular flexibility index (Phi) is 23.8. The summed E-state index contributed by atoms with van der Waals surface area (Å²) in [4.78, 5) is 62.1. The van der Waals surface area contributed by atoms with Gasteiger partial charge in [-0.05, 0) is 115 Å². The number of halogens is 4. The summed E-state index contributed by atoms with van der Waals surface area (Å²) in [5.41, 5.74) is 3.62. The molecule has 2 aliphatic heterocycles. The first-order chi connectivity index (χ1) is 39.9. The minimum absolute atomic E-state index is 0.0307. The van der Waals surface area contributed by atoms with Crippen molar-refractivity contribution in [2.45, 2.75) is 71.6 Å². The fourth-order valence-corrected chi connectivity index (χ4v) is 9.24. The lowest BCUT2D eigenvalue weighted by Crippen LogP contribution is -2.43. The maximum Gasteiger partial charge on any atom is 0.302 e. The third kappa shape index (κ3) is 18.3. The molecule has 0 fully saturated rings. The second-order valence-electron chi connectivity index (χ2n) is 20.4. The van der Waals surface area contributed by atoms with Gasteiger partial charge in [0.15, 0.2) is 23.0 Å². The molecule has 4 heterocycles. The monoisotopic (exact) mass is 1190 g/mol. The third-order valence-corrected chi connectivity index (χ3v) is 14.6. The van der Waals surface area contributed by atoms with E-state index in [-0.39, 0.29) is 34.4 Å². The zero-order valence-corrected chi connectivity index (χ0v) is 49.5. The van der Waals surface area contributed by atoms with Crippen LogP contribution in [0.3, 0.4) is 0 Å². The molecule has 21 nitrogen and oxygen atoms in total. The second-order valence-corrected chi connectivity index (χ2v) is 21.2. The lowest BCUT2D eigenvalue weighted by Gasteiger charge is -2.25. The molecule has 83 heavy (non-hydrogen) atoms. The Morgan fingerprint density at radius 1 is 0.675 bits per heavy atom. The highest BCUT2D eigenvalue weighted by Gasteiger charge is 2.24. The molecule has 6 aromatic rings. The van der Waals surface area contributed by atoms with Gasteiger partial charge in [0.2, 0.25) is 11.8 Å². The quantitative estimate of drug-likeness (QED) is 0.0489. The minimum Gasteiger partial charge on any atom is -0.490 e. The highest BCUT2D eigenvalue weighted by Crippen LogP contribution is 2.39. The summed E-state index contributed by atoms with van der Waals surface area (Å²) in [5.74, 6) is 1.44. The number of benzene rings is 4. The number of carbonyl (C=O) groups excluding carboxylic acids is 3. The number of aliphatic hydroxyl groups excluding tert-OH is 1. The molecule has 0 unspecified atom stereocenters. The van der Waals surface area contributed by atoms with Crippen molar-refractivity contribution in [3.05, 3.63) is 94.0 Å². The third-order valence-electron chi connectivity index (χ3n) is 14.0. The van der Waals surface area contributed by atoms with Crippen LogP contribution in [0.25, 0.3) is 21.8 Å². The van der Waals surface area contributed by atoms with Crippen LogP contribution in [-0.2, 0) is 32.2 Å². The Labute approximate surface area is 492 Å².